The molecule has 1 aromatic heterocycles. The summed E-state index contributed by atoms with van der Waals surface area (Å²) in [7, 11) is 1.33. The van der Waals surface area contributed by atoms with E-state index in [0.717, 1.165) is 0 Å². The van der Waals surface area contributed by atoms with Gasteiger partial charge in [0, 0.05) is 6.04 Å². The van der Waals surface area contributed by atoms with Crippen molar-refractivity contribution in [2.75, 3.05) is 17.7 Å². The molecule has 1 heterocycles. The molecule has 3 N–H and O–H groups in total. The topological polar surface area (TPSA) is 92.4 Å². The van der Waals surface area contributed by atoms with Crippen LogP contribution in [0.25, 0.3) is 0 Å². The molecule has 0 fully saturated rings. The molecule has 126 valence electrons. The van der Waals surface area contributed by atoms with E-state index in [-0.39, 0.29) is 12.1 Å². The summed E-state index contributed by atoms with van der Waals surface area (Å²) in [5.41, 5.74) is 1.58. The Morgan fingerprint density at radius 2 is 1.88 bits per heavy atom. The number of methoxy groups -OCH3 is 1. The fourth-order valence-electron chi connectivity index (χ4n) is 1.99. The molecule has 0 bridgehead atoms. The molecule has 24 heavy (non-hydrogen) atoms. The van der Waals surface area contributed by atoms with Gasteiger partial charge in [0.15, 0.2) is 0 Å². The predicted molar refractivity (Wildman–Crippen MR) is 92.6 cm³/mol. The van der Waals surface area contributed by atoms with Gasteiger partial charge >= 0.3 is 12.0 Å². The third-order valence-electron chi connectivity index (χ3n) is 3.04. The van der Waals surface area contributed by atoms with Gasteiger partial charge in [-0.1, -0.05) is 12.1 Å². The number of carbonyl (C=O) groups is 2. The van der Waals surface area contributed by atoms with E-state index in [1.165, 1.54) is 13.3 Å². The quantitative estimate of drug-likeness (QED) is 0.733. The van der Waals surface area contributed by atoms with Gasteiger partial charge in [0.05, 0.1) is 30.2 Å². The van der Waals surface area contributed by atoms with E-state index in [0.29, 0.717) is 22.8 Å². The molecule has 0 aliphatic heterocycles. The van der Waals surface area contributed by atoms with E-state index in [1.807, 2.05) is 13.8 Å². The average molecular weight is 328 g/mol. The molecule has 0 atom stereocenters. The zero-order chi connectivity index (χ0) is 17.5. The summed E-state index contributed by atoms with van der Waals surface area (Å²) in [6.07, 6.45) is 1.53. The zero-order valence-corrected chi connectivity index (χ0v) is 13.8. The van der Waals surface area contributed by atoms with Crippen molar-refractivity contribution in [1.29, 1.82) is 0 Å². The number of urea groups is 1. The lowest BCUT2D eigenvalue weighted by molar-refractivity contribution is 0.0602. The van der Waals surface area contributed by atoms with Crippen LogP contribution in [0.15, 0.2) is 42.6 Å². The van der Waals surface area contributed by atoms with Crippen molar-refractivity contribution in [2.45, 2.75) is 19.9 Å². The molecule has 7 heteroatoms. The molecule has 0 unspecified atom stereocenters. The SMILES string of the molecule is COC(=O)c1ccccc1Nc1ccc(NC(=O)NC(C)C)cn1. The first-order valence-corrected chi connectivity index (χ1v) is 7.47. The second-order valence-electron chi connectivity index (χ2n) is 5.35. The Bertz CT molecular complexity index is 714. The van der Waals surface area contributed by atoms with Crippen molar-refractivity contribution in [3.05, 3.63) is 48.2 Å². The molecule has 0 saturated carbocycles. The third-order valence-corrected chi connectivity index (χ3v) is 3.04. The highest BCUT2D eigenvalue weighted by atomic mass is 16.5. The number of rotatable bonds is 5. The lowest BCUT2D eigenvalue weighted by Gasteiger charge is -2.12. The van der Waals surface area contributed by atoms with Crippen LogP contribution in [-0.2, 0) is 4.74 Å². The fourth-order valence-corrected chi connectivity index (χ4v) is 1.99. The van der Waals surface area contributed by atoms with Gasteiger partial charge in [-0.2, -0.15) is 0 Å². The Labute approximate surface area is 140 Å². The van der Waals surface area contributed by atoms with Crippen LogP contribution in [0.5, 0.6) is 0 Å². The van der Waals surface area contributed by atoms with Crippen LogP contribution in [0, 0.1) is 0 Å². The number of esters is 1. The van der Waals surface area contributed by atoms with Crippen molar-refractivity contribution in [1.82, 2.24) is 10.3 Å². The summed E-state index contributed by atoms with van der Waals surface area (Å²) < 4.78 is 4.76. The van der Waals surface area contributed by atoms with Gasteiger partial charge in [0.2, 0.25) is 0 Å². The van der Waals surface area contributed by atoms with Gasteiger partial charge in [0.25, 0.3) is 0 Å². The normalized spacial score (nSPS) is 10.2. The first-order chi connectivity index (χ1) is 11.5. The molecule has 2 rings (SSSR count). The summed E-state index contributed by atoms with van der Waals surface area (Å²) in [5, 5.41) is 8.48. The van der Waals surface area contributed by atoms with Gasteiger partial charge in [-0.05, 0) is 38.1 Å². The van der Waals surface area contributed by atoms with Crippen molar-refractivity contribution < 1.29 is 14.3 Å². The van der Waals surface area contributed by atoms with Crippen molar-refractivity contribution in [2.24, 2.45) is 0 Å². The number of hydrogen-bond acceptors (Lipinski definition) is 5. The van der Waals surface area contributed by atoms with Crippen molar-refractivity contribution in [3.8, 4) is 0 Å². The average Bonchev–Trinajstić information content (AvgIpc) is 2.55. The number of pyridine rings is 1. The summed E-state index contributed by atoms with van der Waals surface area (Å²) in [4.78, 5) is 27.6. The number of hydrogen-bond donors (Lipinski definition) is 3. The van der Waals surface area contributed by atoms with Gasteiger partial charge < -0.3 is 20.7 Å². The number of amides is 2. The lowest BCUT2D eigenvalue weighted by Crippen LogP contribution is -2.34. The highest BCUT2D eigenvalue weighted by Gasteiger charge is 2.11. The summed E-state index contributed by atoms with van der Waals surface area (Å²) in [6, 6.07) is 10.2. The van der Waals surface area contributed by atoms with Crippen LogP contribution in [0.3, 0.4) is 0 Å². The van der Waals surface area contributed by atoms with Crippen LogP contribution in [-0.4, -0.2) is 30.1 Å². The Morgan fingerprint density at radius 1 is 1.12 bits per heavy atom. The highest BCUT2D eigenvalue weighted by molar-refractivity contribution is 5.96. The third kappa shape index (κ3) is 4.70. The minimum absolute atomic E-state index is 0.0497. The maximum Gasteiger partial charge on any atom is 0.339 e. The zero-order valence-electron chi connectivity index (χ0n) is 13.8. The van der Waals surface area contributed by atoms with Gasteiger partial charge in [-0.25, -0.2) is 14.6 Å². The molecule has 2 amide bonds. The second-order valence-corrected chi connectivity index (χ2v) is 5.35. The minimum atomic E-state index is -0.429. The monoisotopic (exact) mass is 328 g/mol. The van der Waals surface area contributed by atoms with E-state index >= 15 is 0 Å². The second kappa shape index (κ2) is 7.96. The van der Waals surface area contributed by atoms with Crippen molar-refractivity contribution >= 4 is 29.2 Å². The molecule has 0 saturated heterocycles. The first kappa shape index (κ1) is 17.3. The standard InChI is InChI=1S/C17H20N4O3/c1-11(2)19-17(23)20-12-8-9-15(18-10-12)21-14-7-5-4-6-13(14)16(22)24-3/h4-11H,1-3H3,(H,18,21)(H2,19,20,23). The Morgan fingerprint density at radius 3 is 2.50 bits per heavy atom. The smallest absolute Gasteiger partial charge is 0.339 e. The van der Waals surface area contributed by atoms with Crippen LogP contribution >= 0.6 is 0 Å². The minimum Gasteiger partial charge on any atom is -0.465 e. The molecule has 0 aliphatic rings. The Balaban J connectivity index is 2.07. The van der Waals surface area contributed by atoms with Gasteiger partial charge in [-0.15, -0.1) is 0 Å². The molecule has 0 spiro atoms. The van der Waals surface area contributed by atoms with Crippen molar-refractivity contribution in [3.63, 3.8) is 0 Å². The predicted octanol–water partition coefficient (Wildman–Crippen LogP) is 3.14. The van der Waals surface area contributed by atoms with Crippen LogP contribution in [0.1, 0.15) is 24.2 Å². The molecule has 2 aromatic rings. The maximum absolute atomic E-state index is 11.8. The number of carbonyl (C=O) groups excluding carboxylic acids is 2. The fraction of sp³-hybridized carbons (Fsp3) is 0.235. The van der Waals surface area contributed by atoms with E-state index in [4.69, 9.17) is 4.74 Å². The summed E-state index contributed by atoms with van der Waals surface area (Å²) >= 11 is 0. The number of benzene rings is 1. The molecule has 1 aromatic carbocycles. The van der Waals surface area contributed by atoms with Crippen LogP contribution < -0.4 is 16.0 Å². The Hall–Kier alpha value is -3.09. The van der Waals surface area contributed by atoms with Crippen LogP contribution in [0.2, 0.25) is 0 Å². The molecule has 0 aliphatic carbocycles. The highest BCUT2D eigenvalue weighted by Crippen LogP contribution is 2.21. The first-order valence-electron chi connectivity index (χ1n) is 7.47. The summed E-state index contributed by atoms with van der Waals surface area (Å²) in [6.45, 7) is 3.76. The molecule has 0 radical (unpaired) electrons. The number of anilines is 3. The number of para-hydroxylation sites is 1. The van der Waals surface area contributed by atoms with Gasteiger partial charge in [-0.3, -0.25) is 0 Å². The lowest BCUT2D eigenvalue weighted by atomic mass is 10.2. The van der Waals surface area contributed by atoms with E-state index < -0.39 is 5.97 Å². The largest absolute Gasteiger partial charge is 0.465 e. The molecule has 7 nitrogen and oxygen atoms in total. The number of nitrogens with zero attached hydrogens (tertiary/aromatic N) is 1. The van der Waals surface area contributed by atoms with Crippen LogP contribution in [0.4, 0.5) is 22.0 Å². The maximum atomic E-state index is 11.8. The van der Waals surface area contributed by atoms with E-state index in [9.17, 15) is 9.59 Å². The number of nitrogens with one attached hydrogen (secondary N) is 3. The summed E-state index contributed by atoms with van der Waals surface area (Å²) in [5.74, 6) is 0.114. The van der Waals surface area contributed by atoms with E-state index in [2.05, 4.69) is 20.9 Å². The van der Waals surface area contributed by atoms with Gasteiger partial charge in [0.1, 0.15) is 5.82 Å². The molecular weight excluding hydrogens is 308 g/mol. The molecular formula is C17H20N4O3. The number of ether oxygens (including phenoxy) is 1. The van der Waals surface area contributed by atoms with E-state index in [1.54, 1.807) is 36.4 Å². The Kier molecular flexibility index (Phi) is 5.73. The number of aromatic nitrogens is 1.